The Labute approximate surface area is 128 Å². The number of para-hydroxylation sites is 1. The molecule has 2 aromatic heterocycles. The minimum Gasteiger partial charge on any atom is -0.484 e. The lowest BCUT2D eigenvalue weighted by Crippen LogP contribution is -2.12. The fraction of sp³-hybridized carbons (Fsp3) is 0.188. The summed E-state index contributed by atoms with van der Waals surface area (Å²) in [6.45, 7) is 1.47. The summed E-state index contributed by atoms with van der Waals surface area (Å²) < 4.78 is 11.1. The van der Waals surface area contributed by atoms with Gasteiger partial charge in [0.2, 0.25) is 5.89 Å². The molecule has 1 aromatic carbocycles. The van der Waals surface area contributed by atoms with Crippen LogP contribution in [0.15, 0.2) is 59.3 Å². The van der Waals surface area contributed by atoms with Gasteiger partial charge in [-0.05, 0) is 23.8 Å². The summed E-state index contributed by atoms with van der Waals surface area (Å²) in [6, 6.07) is 13.4. The molecule has 6 heteroatoms. The third kappa shape index (κ3) is 4.13. The summed E-state index contributed by atoms with van der Waals surface area (Å²) in [4.78, 5) is 4.06. The van der Waals surface area contributed by atoms with Gasteiger partial charge in [0.1, 0.15) is 5.75 Å². The van der Waals surface area contributed by atoms with Crippen molar-refractivity contribution in [1.82, 2.24) is 20.5 Å². The van der Waals surface area contributed by atoms with Gasteiger partial charge in [0.05, 0.1) is 6.54 Å². The molecule has 112 valence electrons. The Morgan fingerprint density at radius 1 is 0.955 bits per heavy atom. The minimum absolute atomic E-state index is 0.264. The third-order valence-corrected chi connectivity index (χ3v) is 2.94. The molecule has 3 aromatic rings. The topological polar surface area (TPSA) is 73.1 Å². The van der Waals surface area contributed by atoms with Gasteiger partial charge in [-0.1, -0.05) is 24.3 Å². The Morgan fingerprint density at radius 2 is 1.82 bits per heavy atom. The number of rotatable bonds is 7. The van der Waals surface area contributed by atoms with Crippen LogP contribution in [-0.2, 0) is 19.7 Å². The van der Waals surface area contributed by atoms with Crippen molar-refractivity contribution in [3.63, 3.8) is 0 Å². The summed E-state index contributed by atoms with van der Waals surface area (Å²) >= 11 is 0. The standard InChI is InChI=1S/C16H16N4O2/c1-2-6-14(7-3-1)21-12-16-20-19-15(22-16)11-18-10-13-5-4-8-17-9-13/h1-9,18H,10-12H2. The van der Waals surface area contributed by atoms with E-state index in [2.05, 4.69) is 20.5 Å². The summed E-state index contributed by atoms with van der Waals surface area (Å²) in [5.41, 5.74) is 1.11. The molecule has 0 unspecified atom stereocenters. The number of pyridine rings is 1. The summed E-state index contributed by atoms with van der Waals surface area (Å²) in [7, 11) is 0. The van der Waals surface area contributed by atoms with Crippen molar-refractivity contribution in [2.24, 2.45) is 0 Å². The van der Waals surface area contributed by atoms with Crippen LogP contribution in [0.4, 0.5) is 0 Å². The molecule has 0 fully saturated rings. The minimum atomic E-state index is 0.264. The van der Waals surface area contributed by atoms with Gasteiger partial charge in [-0.25, -0.2) is 0 Å². The van der Waals surface area contributed by atoms with Crippen LogP contribution in [0.1, 0.15) is 17.3 Å². The largest absolute Gasteiger partial charge is 0.484 e. The molecule has 0 aliphatic carbocycles. The molecule has 6 nitrogen and oxygen atoms in total. The zero-order valence-electron chi connectivity index (χ0n) is 12.0. The lowest BCUT2D eigenvalue weighted by molar-refractivity contribution is 0.258. The Kier molecular flexibility index (Phi) is 4.74. The van der Waals surface area contributed by atoms with E-state index in [1.165, 1.54) is 0 Å². The second-order valence-corrected chi connectivity index (χ2v) is 4.66. The molecule has 0 bridgehead atoms. The van der Waals surface area contributed by atoms with E-state index in [-0.39, 0.29) is 6.61 Å². The predicted molar refractivity (Wildman–Crippen MR) is 79.9 cm³/mol. The van der Waals surface area contributed by atoms with E-state index in [0.29, 0.717) is 24.9 Å². The second-order valence-electron chi connectivity index (χ2n) is 4.66. The molecule has 0 saturated carbocycles. The highest BCUT2D eigenvalue weighted by Crippen LogP contribution is 2.11. The van der Waals surface area contributed by atoms with E-state index in [1.54, 1.807) is 6.20 Å². The number of hydrogen-bond donors (Lipinski definition) is 1. The normalized spacial score (nSPS) is 10.5. The van der Waals surface area contributed by atoms with Gasteiger partial charge in [-0.3, -0.25) is 4.98 Å². The molecular formula is C16H16N4O2. The van der Waals surface area contributed by atoms with Crippen LogP contribution in [0.25, 0.3) is 0 Å². The maximum Gasteiger partial charge on any atom is 0.253 e. The van der Waals surface area contributed by atoms with Crippen molar-refractivity contribution in [3.8, 4) is 5.75 Å². The average Bonchev–Trinajstić information content (AvgIpc) is 3.03. The van der Waals surface area contributed by atoms with Crippen LogP contribution in [-0.4, -0.2) is 15.2 Å². The Hall–Kier alpha value is -2.73. The van der Waals surface area contributed by atoms with E-state index in [0.717, 1.165) is 11.3 Å². The maximum atomic E-state index is 5.55. The predicted octanol–water partition coefficient (Wildman–Crippen LogP) is 2.33. The van der Waals surface area contributed by atoms with Crippen LogP contribution in [0.2, 0.25) is 0 Å². The highest BCUT2D eigenvalue weighted by molar-refractivity contribution is 5.20. The van der Waals surface area contributed by atoms with Crippen molar-refractivity contribution >= 4 is 0 Å². The van der Waals surface area contributed by atoms with Gasteiger partial charge in [-0.15, -0.1) is 10.2 Å². The first-order valence-corrected chi connectivity index (χ1v) is 6.99. The van der Waals surface area contributed by atoms with Crippen molar-refractivity contribution in [2.45, 2.75) is 19.7 Å². The molecule has 2 heterocycles. The quantitative estimate of drug-likeness (QED) is 0.721. The van der Waals surface area contributed by atoms with Crippen molar-refractivity contribution in [2.75, 3.05) is 0 Å². The summed E-state index contributed by atoms with van der Waals surface area (Å²) in [5, 5.41) is 11.2. The van der Waals surface area contributed by atoms with Crippen LogP contribution in [0.3, 0.4) is 0 Å². The smallest absolute Gasteiger partial charge is 0.253 e. The zero-order valence-corrected chi connectivity index (χ0v) is 12.0. The van der Waals surface area contributed by atoms with Gasteiger partial charge in [0.25, 0.3) is 5.89 Å². The fourth-order valence-corrected chi connectivity index (χ4v) is 1.90. The lowest BCUT2D eigenvalue weighted by Gasteiger charge is -2.02. The number of nitrogens with one attached hydrogen (secondary N) is 1. The monoisotopic (exact) mass is 296 g/mol. The number of nitrogens with zero attached hydrogens (tertiary/aromatic N) is 3. The molecule has 0 aliphatic heterocycles. The molecular weight excluding hydrogens is 280 g/mol. The second kappa shape index (κ2) is 7.33. The first kappa shape index (κ1) is 14.2. The zero-order chi connectivity index (χ0) is 15.0. The Bertz CT molecular complexity index is 686. The van der Waals surface area contributed by atoms with E-state index in [1.807, 2.05) is 48.7 Å². The highest BCUT2D eigenvalue weighted by Gasteiger charge is 2.06. The number of aromatic nitrogens is 3. The van der Waals surface area contributed by atoms with Gasteiger partial charge in [0.15, 0.2) is 6.61 Å². The lowest BCUT2D eigenvalue weighted by atomic mass is 10.3. The highest BCUT2D eigenvalue weighted by atomic mass is 16.5. The molecule has 0 spiro atoms. The van der Waals surface area contributed by atoms with E-state index in [9.17, 15) is 0 Å². The van der Waals surface area contributed by atoms with Gasteiger partial charge in [-0.2, -0.15) is 0 Å². The van der Waals surface area contributed by atoms with Crippen LogP contribution in [0.5, 0.6) is 5.75 Å². The summed E-state index contributed by atoms with van der Waals surface area (Å²) in [5.74, 6) is 1.77. The fourth-order valence-electron chi connectivity index (χ4n) is 1.90. The van der Waals surface area contributed by atoms with Crippen LogP contribution >= 0.6 is 0 Å². The number of ether oxygens (including phenoxy) is 1. The molecule has 1 N–H and O–H groups in total. The first-order valence-electron chi connectivity index (χ1n) is 6.99. The van der Waals surface area contributed by atoms with Gasteiger partial charge < -0.3 is 14.5 Å². The molecule has 0 atom stereocenters. The molecule has 22 heavy (non-hydrogen) atoms. The van der Waals surface area contributed by atoms with Crippen LogP contribution in [0, 0.1) is 0 Å². The van der Waals surface area contributed by atoms with Gasteiger partial charge >= 0.3 is 0 Å². The number of benzene rings is 1. The van der Waals surface area contributed by atoms with Gasteiger partial charge in [0, 0.05) is 18.9 Å². The first-order chi connectivity index (χ1) is 10.9. The average molecular weight is 296 g/mol. The van der Waals surface area contributed by atoms with Crippen LogP contribution < -0.4 is 10.1 Å². The van der Waals surface area contributed by atoms with E-state index in [4.69, 9.17) is 9.15 Å². The Balaban J connectivity index is 1.45. The molecule has 0 aliphatic rings. The molecule has 0 amide bonds. The number of hydrogen-bond acceptors (Lipinski definition) is 6. The van der Waals surface area contributed by atoms with E-state index >= 15 is 0 Å². The maximum absolute atomic E-state index is 5.55. The third-order valence-electron chi connectivity index (χ3n) is 2.94. The summed E-state index contributed by atoms with van der Waals surface area (Å²) in [6.07, 6.45) is 3.57. The molecule has 0 saturated heterocycles. The SMILES string of the molecule is c1ccc(OCc2nnc(CNCc3cccnc3)o2)cc1. The van der Waals surface area contributed by atoms with Crippen molar-refractivity contribution in [3.05, 3.63) is 72.2 Å². The Morgan fingerprint density at radius 3 is 2.64 bits per heavy atom. The molecule has 3 rings (SSSR count). The van der Waals surface area contributed by atoms with Crippen molar-refractivity contribution in [1.29, 1.82) is 0 Å². The molecule has 0 radical (unpaired) electrons. The van der Waals surface area contributed by atoms with Crippen molar-refractivity contribution < 1.29 is 9.15 Å². The van der Waals surface area contributed by atoms with E-state index < -0.39 is 0 Å².